The summed E-state index contributed by atoms with van der Waals surface area (Å²) >= 11 is 1.36. The highest BCUT2D eigenvalue weighted by Gasteiger charge is 2.23. The molecule has 0 unspecified atom stereocenters. The van der Waals surface area contributed by atoms with Crippen LogP contribution in [0.25, 0.3) is 0 Å². The number of likely N-dealkylation sites (N-methyl/N-ethyl adjacent to an activating group) is 1. The number of aromatic nitrogens is 2. The summed E-state index contributed by atoms with van der Waals surface area (Å²) in [5.41, 5.74) is 2.99. The molecule has 1 atom stereocenters. The van der Waals surface area contributed by atoms with E-state index in [-0.39, 0.29) is 12.0 Å². The van der Waals surface area contributed by atoms with Crippen molar-refractivity contribution in [3.05, 3.63) is 41.2 Å². The Morgan fingerprint density at radius 1 is 1.19 bits per heavy atom. The highest BCUT2D eigenvalue weighted by Crippen LogP contribution is 2.31. The third kappa shape index (κ3) is 4.27. The van der Waals surface area contributed by atoms with E-state index in [2.05, 4.69) is 9.97 Å². The molecule has 0 bridgehead atoms. The summed E-state index contributed by atoms with van der Waals surface area (Å²) in [4.78, 5) is 23.0. The van der Waals surface area contributed by atoms with Crippen LogP contribution >= 0.6 is 11.8 Å². The van der Waals surface area contributed by atoms with Crippen LogP contribution in [-0.4, -0.2) is 52.8 Å². The first-order valence-corrected chi connectivity index (χ1v) is 9.49. The fourth-order valence-electron chi connectivity index (χ4n) is 2.60. The van der Waals surface area contributed by atoms with Crippen molar-refractivity contribution in [2.24, 2.45) is 0 Å². The molecule has 0 saturated carbocycles. The van der Waals surface area contributed by atoms with Gasteiger partial charge in [0.25, 0.3) is 0 Å². The number of rotatable bonds is 5. The summed E-state index contributed by atoms with van der Waals surface area (Å²) in [7, 11) is 1.78. The first-order valence-electron chi connectivity index (χ1n) is 8.51. The average molecular weight is 373 g/mol. The fourth-order valence-corrected chi connectivity index (χ4v) is 3.48. The Morgan fingerprint density at radius 3 is 2.54 bits per heavy atom. The third-order valence-corrected chi connectivity index (χ3v) is 5.24. The SMILES string of the molecule is Cc1nc(SCC(=O)N(C)C[C@H]2COc3ccccc3O2)nc(C)c1C. The maximum Gasteiger partial charge on any atom is 0.232 e. The number of carbonyl (C=O) groups excluding carboxylic acids is 1. The molecule has 1 aromatic carbocycles. The fraction of sp³-hybridized carbons (Fsp3) is 0.421. The van der Waals surface area contributed by atoms with E-state index in [0.29, 0.717) is 24.1 Å². The standard InChI is InChI=1S/C19H23N3O3S/c1-12-13(2)20-19(21-14(12)3)26-11-18(23)22(4)9-15-10-24-16-7-5-6-8-17(16)25-15/h5-8,15H,9-11H2,1-4H3/t15-/m0/s1. The van der Waals surface area contributed by atoms with Crippen LogP contribution in [0.1, 0.15) is 17.0 Å². The molecule has 2 aromatic rings. The molecule has 3 rings (SSSR count). The van der Waals surface area contributed by atoms with Crippen LogP contribution in [0.15, 0.2) is 29.4 Å². The van der Waals surface area contributed by atoms with Gasteiger partial charge in [0.15, 0.2) is 22.8 Å². The van der Waals surface area contributed by atoms with Gasteiger partial charge in [-0.15, -0.1) is 0 Å². The molecule has 0 spiro atoms. The van der Waals surface area contributed by atoms with Crippen LogP contribution < -0.4 is 9.47 Å². The normalized spacial score (nSPS) is 15.6. The first kappa shape index (κ1) is 18.5. The summed E-state index contributed by atoms with van der Waals surface area (Å²) in [5.74, 6) is 1.77. The molecule has 26 heavy (non-hydrogen) atoms. The molecule has 0 N–H and O–H groups in total. The lowest BCUT2D eigenvalue weighted by Crippen LogP contribution is -2.42. The zero-order valence-electron chi connectivity index (χ0n) is 15.5. The number of hydrogen-bond acceptors (Lipinski definition) is 6. The Kier molecular flexibility index (Phi) is 5.66. The van der Waals surface area contributed by atoms with Gasteiger partial charge in [0.2, 0.25) is 5.91 Å². The van der Waals surface area contributed by atoms with Gasteiger partial charge in [0.05, 0.1) is 12.3 Å². The number of nitrogens with zero attached hydrogens (tertiary/aromatic N) is 3. The van der Waals surface area contributed by atoms with Crippen LogP contribution in [0, 0.1) is 20.8 Å². The largest absolute Gasteiger partial charge is 0.486 e. The summed E-state index contributed by atoms with van der Waals surface area (Å²) < 4.78 is 11.6. The average Bonchev–Trinajstić information content (AvgIpc) is 2.63. The zero-order chi connectivity index (χ0) is 18.7. The van der Waals surface area contributed by atoms with E-state index in [9.17, 15) is 4.79 Å². The van der Waals surface area contributed by atoms with Crippen LogP contribution in [0.5, 0.6) is 11.5 Å². The second kappa shape index (κ2) is 7.95. The smallest absolute Gasteiger partial charge is 0.232 e. The summed E-state index contributed by atoms with van der Waals surface area (Å²) in [6, 6.07) is 7.56. The molecule has 0 saturated heterocycles. The minimum atomic E-state index is -0.177. The lowest BCUT2D eigenvalue weighted by atomic mass is 10.2. The Morgan fingerprint density at radius 2 is 1.85 bits per heavy atom. The van der Waals surface area contributed by atoms with E-state index >= 15 is 0 Å². The first-order chi connectivity index (χ1) is 12.4. The number of benzene rings is 1. The van der Waals surface area contributed by atoms with Gasteiger partial charge in [0.1, 0.15) is 6.61 Å². The molecule has 1 aliphatic rings. The Balaban J connectivity index is 1.52. The van der Waals surface area contributed by atoms with E-state index in [1.807, 2.05) is 45.0 Å². The number of carbonyl (C=O) groups is 1. The zero-order valence-corrected chi connectivity index (χ0v) is 16.3. The molecule has 7 heteroatoms. The van der Waals surface area contributed by atoms with Gasteiger partial charge in [-0.1, -0.05) is 23.9 Å². The highest BCUT2D eigenvalue weighted by molar-refractivity contribution is 7.99. The number of amides is 1. The van der Waals surface area contributed by atoms with Gasteiger partial charge < -0.3 is 14.4 Å². The Labute approximate surface area is 157 Å². The molecule has 2 heterocycles. The van der Waals surface area contributed by atoms with Crippen molar-refractivity contribution < 1.29 is 14.3 Å². The molecule has 6 nitrogen and oxygen atoms in total. The van der Waals surface area contributed by atoms with Crippen molar-refractivity contribution in [1.82, 2.24) is 14.9 Å². The number of thioether (sulfide) groups is 1. The quantitative estimate of drug-likeness (QED) is 0.593. The maximum absolute atomic E-state index is 12.4. The van der Waals surface area contributed by atoms with Gasteiger partial charge in [-0.2, -0.15) is 0 Å². The van der Waals surface area contributed by atoms with Gasteiger partial charge >= 0.3 is 0 Å². The lowest BCUT2D eigenvalue weighted by Gasteiger charge is -2.29. The van der Waals surface area contributed by atoms with E-state index in [0.717, 1.165) is 28.5 Å². The molecule has 138 valence electrons. The molecule has 0 fully saturated rings. The summed E-state index contributed by atoms with van der Waals surface area (Å²) in [6.07, 6.45) is -0.177. The number of para-hydroxylation sites is 2. The molecule has 1 aliphatic heterocycles. The second-order valence-electron chi connectivity index (χ2n) is 6.36. The van der Waals surface area contributed by atoms with E-state index in [1.54, 1.807) is 11.9 Å². The van der Waals surface area contributed by atoms with Crippen LogP contribution in [0.2, 0.25) is 0 Å². The van der Waals surface area contributed by atoms with Crippen molar-refractivity contribution in [3.8, 4) is 11.5 Å². The molecule has 0 aliphatic carbocycles. The predicted octanol–water partition coefficient (Wildman–Crippen LogP) is 2.79. The molecular formula is C19H23N3O3S. The predicted molar refractivity (Wildman–Crippen MR) is 101 cm³/mol. The molecule has 0 radical (unpaired) electrons. The summed E-state index contributed by atoms with van der Waals surface area (Å²) in [5, 5.41) is 0.638. The monoisotopic (exact) mass is 373 g/mol. The Bertz CT molecular complexity index is 789. The van der Waals surface area contributed by atoms with Crippen LogP contribution in [-0.2, 0) is 4.79 Å². The van der Waals surface area contributed by atoms with Gasteiger partial charge in [-0.25, -0.2) is 9.97 Å². The summed E-state index contributed by atoms with van der Waals surface area (Å²) in [6.45, 7) is 6.82. The van der Waals surface area contributed by atoms with Gasteiger partial charge in [-0.05, 0) is 38.5 Å². The highest BCUT2D eigenvalue weighted by atomic mass is 32.2. The van der Waals surface area contributed by atoms with Crippen molar-refractivity contribution in [1.29, 1.82) is 0 Å². The number of ether oxygens (including phenoxy) is 2. The third-order valence-electron chi connectivity index (χ3n) is 4.41. The van der Waals surface area contributed by atoms with Crippen molar-refractivity contribution in [2.45, 2.75) is 32.0 Å². The number of hydrogen-bond donors (Lipinski definition) is 0. The van der Waals surface area contributed by atoms with Crippen molar-refractivity contribution >= 4 is 17.7 Å². The van der Waals surface area contributed by atoms with Crippen LogP contribution in [0.3, 0.4) is 0 Å². The van der Waals surface area contributed by atoms with E-state index in [1.165, 1.54) is 11.8 Å². The Hall–Kier alpha value is -2.28. The minimum absolute atomic E-state index is 0.0111. The molecule has 1 aromatic heterocycles. The number of aryl methyl sites for hydroxylation is 2. The maximum atomic E-state index is 12.4. The number of fused-ring (bicyclic) bond motifs is 1. The van der Waals surface area contributed by atoms with Crippen molar-refractivity contribution in [3.63, 3.8) is 0 Å². The lowest BCUT2D eigenvalue weighted by molar-refractivity contribution is -0.128. The topological polar surface area (TPSA) is 64.6 Å². The van der Waals surface area contributed by atoms with Crippen LogP contribution in [0.4, 0.5) is 0 Å². The second-order valence-corrected chi connectivity index (χ2v) is 7.31. The minimum Gasteiger partial charge on any atom is -0.486 e. The molecule has 1 amide bonds. The molecular weight excluding hydrogens is 350 g/mol. The van der Waals surface area contributed by atoms with Gasteiger partial charge in [-0.3, -0.25) is 4.79 Å². The van der Waals surface area contributed by atoms with Crippen molar-refractivity contribution in [2.75, 3.05) is 26.0 Å². The van der Waals surface area contributed by atoms with Gasteiger partial charge in [0, 0.05) is 18.4 Å². The van der Waals surface area contributed by atoms with E-state index in [4.69, 9.17) is 9.47 Å². The van der Waals surface area contributed by atoms with E-state index < -0.39 is 0 Å².